The van der Waals surface area contributed by atoms with Crippen molar-refractivity contribution >= 4 is 11.3 Å². The van der Waals surface area contributed by atoms with Gasteiger partial charge in [-0.2, -0.15) is 24.5 Å². The lowest BCUT2D eigenvalue weighted by Gasteiger charge is -2.34. The second-order valence-electron chi connectivity index (χ2n) is 4.88. The van der Waals surface area contributed by atoms with Gasteiger partial charge in [-0.1, -0.05) is 0 Å². The summed E-state index contributed by atoms with van der Waals surface area (Å²) in [6.45, 7) is 0.897. The molecule has 1 aromatic heterocycles. The maximum atomic E-state index is 12.7. The first-order valence-electron chi connectivity index (χ1n) is 5.98. The topological polar surface area (TPSA) is 29.3 Å². The maximum absolute atomic E-state index is 12.7. The first-order valence-corrected chi connectivity index (χ1v) is 6.93. The third kappa shape index (κ3) is 3.46. The summed E-state index contributed by atoms with van der Waals surface area (Å²) in [5.41, 5.74) is 6.80. The summed E-state index contributed by atoms with van der Waals surface area (Å²) in [4.78, 5) is 1.52. The fraction of sp³-hybridized carbons (Fsp3) is 0.667. The van der Waals surface area contributed by atoms with Gasteiger partial charge < -0.3 is 5.73 Å². The summed E-state index contributed by atoms with van der Waals surface area (Å²) in [7, 11) is 0. The number of rotatable bonds is 5. The summed E-state index contributed by atoms with van der Waals surface area (Å²) in [5.74, 6) is 0. The highest BCUT2D eigenvalue weighted by Crippen LogP contribution is 2.38. The summed E-state index contributed by atoms with van der Waals surface area (Å²) in [6.07, 6.45) is -2.50. The van der Waals surface area contributed by atoms with Crippen LogP contribution in [0.2, 0.25) is 0 Å². The molecule has 18 heavy (non-hydrogen) atoms. The van der Waals surface area contributed by atoms with Crippen LogP contribution in [0.5, 0.6) is 0 Å². The highest BCUT2D eigenvalue weighted by Gasteiger charge is 2.42. The molecule has 0 aliphatic heterocycles. The predicted molar refractivity (Wildman–Crippen MR) is 66.5 cm³/mol. The first-order chi connectivity index (χ1) is 8.38. The van der Waals surface area contributed by atoms with Crippen LogP contribution in [-0.4, -0.2) is 29.7 Å². The van der Waals surface area contributed by atoms with Crippen molar-refractivity contribution in [3.63, 3.8) is 0 Å². The molecule has 2 nitrogen and oxygen atoms in total. The van der Waals surface area contributed by atoms with Crippen molar-refractivity contribution in [3.05, 3.63) is 22.4 Å². The standard InChI is InChI=1S/C12H17F3N2S/c1-8(16)11(9-4-5-18-6-9)17(10-2-3-10)7-12(13,14)15/h4-6,8,10-11H,2-3,7,16H2,1H3. The Hall–Kier alpha value is -0.590. The Kier molecular flexibility index (Phi) is 3.99. The quantitative estimate of drug-likeness (QED) is 0.896. The number of halogens is 3. The minimum absolute atomic E-state index is 0.0301. The Labute approximate surface area is 109 Å². The third-order valence-electron chi connectivity index (χ3n) is 3.12. The van der Waals surface area contributed by atoms with Crippen LogP contribution in [0.3, 0.4) is 0 Å². The van der Waals surface area contributed by atoms with Gasteiger partial charge in [-0.05, 0) is 42.2 Å². The molecule has 1 heterocycles. The van der Waals surface area contributed by atoms with Gasteiger partial charge >= 0.3 is 6.18 Å². The molecule has 1 aromatic rings. The molecule has 0 bridgehead atoms. The Morgan fingerprint density at radius 1 is 1.50 bits per heavy atom. The van der Waals surface area contributed by atoms with Crippen LogP contribution in [0.1, 0.15) is 31.4 Å². The number of hydrogen-bond acceptors (Lipinski definition) is 3. The molecular weight excluding hydrogens is 261 g/mol. The number of hydrogen-bond donors (Lipinski definition) is 1. The van der Waals surface area contributed by atoms with E-state index in [0.717, 1.165) is 18.4 Å². The van der Waals surface area contributed by atoms with Gasteiger partial charge in [-0.3, -0.25) is 4.90 Å². The van der Waals surface area contributed by atoms with Crippen LogP contribution >= 0.6 is 11.3 Å². The van der Waals surface area contributed by atoms with Crippen LogP contribution in [0, 0.1) is 0 Å². The monoisotopic (exact) mass is 278 g/mol. The molecule has 6 heteroatoms. The van der Waals surface area contributed by atoms with Gasteiger partial charge in [0.2, 0.25) is 0 Å². The zero-order valence-electron chi connectivity index (χ0n) is 10.2. The summed E-state index contributed by atoms with van der Waals surface area (Å²) >= 11 is 1.49. The van der Waals surface area contributed by atoms with Crippen LogP contribution in [0.4, 0.5) is 13.2 Å². The molecule has 2 rings (SSSR count). The van der Waals surface area contributed by atoms with Crippen LogP contribution < -0.4 is 5.73 Å². The summed E-state index contributed by atoms with van der Waals surface area (Å²) in [6, 6.07) is 1.24. The van der Waals surface area contributed by atoms with Gasteiger partial charge in [0.25, 0.3) is 0 Å². The lowest BCUT2D eigenvalue weighted by Crippen LogP contribution is -2.45. The van der Waals surface area contributed by atoms with E-state index in [1.54, 1.807) is 6.92 Å². The normalized spacial score (nSPS) is 20.1. The van der Waals surface area contributed by atoms with Crippen molar-refractivity contribution in [1.82, 2.24) is 4.90 Å². The smallest absolute Gasteiger partial charge is 0.326 e. The van der Waals surface area contributed by atoms with Gasteiger partial charge in [0.1, 0.15) is 0 Å². The van der Waals surface area contributed by atoms with Crippen molar-refractivity contribution in [2.24, 2.45) is 5.73 Å². The molecule has 2 unspecified atom stereocenters. The Morgan fingerprint density at radius 3 is 2.56 bits per heavy atom. The van der Waals surface area contributed by atoms with E-state index in [9.17, 15) is 13.2 Å². The minimum Gasteiger partial charge on any atom is -0.326 e. The first kappa shape index (κ1) is 13.8. The van der Waals surface area contributed by atoms with Crippen LogP contribution in [0.15, 0.2) is 16.8 Å². The molecule has 1 fully saturated rings. The molecule has 2 atom stereocenters. The van der Waals surface area contributed by atoms with Crippen molar-refractivity contribution in [2.45, 2.75) is 44.1 Å². The molecule has 0 aromatic carbocycles. The zero-order valence-corrected chi connectivity index (χ0v) is 11.0. The lowest BCUT2D eigenvalue weighted by atomic mass is 10.0. The predicted octanol–water partition coefficient (Wildman–Crippen LogP) is 3.16. The van der Waals surface area contributed by atoms with E-state index in [1.165, 1.54) is 16.2 Å². The summed E-state index contributed by atoms with van der Waals surface area (Å²) < 4.78 is 38.0. The Bertz CT molecular complexity index is 371. The molecule has 1 aliphatic rings. The molecule has 2 N–H and O–H groups in total. The molecule has 1 aliphatic carbocycles. The molecule has 102 valence electrons. The number of nitrogens with zero attached hydrogens (tertiary/aromatic N) is 1. The second kappa shape index (κ2) is 5.19. The van der Waals surface area contributed by atoms with E-state index in [1.807, 2.05) is 16.8 Å². The van der Waals surface area contributed by atoms with Gasteiger partial charge in [-0.15, -0.1) is 0 Å². The molecule has 0 radical (unpaired) electrons. The van der Waals surface area contributed by atoms with E-state index in [-0.39, 0.29) is 18.1 Å². The van der Waals surface area contributed by atoms with E-state index in [2.05, 4.69) is 0 Å². The Morgan fingerprint density at radius 2 is 2.17 bits per heavy atom. The van der Waals surface area contributed by atoms with E-state index >= 15 is 0 Å². The largest absolute Gasteiger partial charge is 0.401 e. The molecule has 0 amide bonds. The zero-order chi connectivity index (χ0) is 13.3. The van der Waals surface area contributed by atoms with Gasteiger partial charge in [0, 0.05) is 12.1 Å². The van der Waals surface area contributed by atoms with Crippen molar-refractivity contribution in [1.29, 1.82) is 0 Å². The second-order valence-corrected chi connectivity index (χ2v) is 5.66. The van der Waals surface area contributed by atoms with E-state index in [0.29, 0.717) is 0 Å². The van der Waals surface area contributed by atoms with Crippen molar-refractivity contribution < 1.29 is 13.2 Å². The van der Waals surface area contributed by atoms with E-state index < -0.39 is 12.7 Å². The fourth-order valence-electron chi connectivity index (χ4n) is 2.31. The molecular formula is C12H17F3N2S. The lowest BCUT2D eigenvalue weighted by molar-refractivity contribution is -0.153. The van der Waals surface area contributed by atoms with Crippen molar-refractivity contribution in [3.8, 4) is 0 Å². The minimum atomic E-state index is -4.17. The SMILES string of the molecule is CC(N)C(c1ccsc1)N(CC(F)(F)F)C1CC1. The molecule has 0 saturated heterocycles. The summed E-state index contributed by atoms with van der Waals surface area (Å²) in [5, 5.41) is 3.77. The van der Waals surface area contributed by atoms with Gasteiger partial charge in [0.05, 0.1) is 12.6 Å². The van der Waals surface area contributed by atoms with Crippen LogP contribution in [0.25, 0.3) is 0 Å². The Balaban J connectivity index is 2.21. The fourth-order valence-corrected chi connectivity index (χ4v) is 3.00. The number of nitrogens with two attached hydrogens (primary N) is 1. The van der Waals surface area contributed by atoms with Gasteiger partial charge in [0.15, 0.2) is 0 Å². The average Bonchev–Trinajstić information content (AvgIpc) is 2.94. The average molecular weight is 278 g/mol. The van der Waals surface area contributed by atoms with E-state index in [4.69, 9.17) is 5.73 Å². The number of alkyl halides is 3. The van der Waals surface area contributed by atoms with Gasteiger partial charge in [-0.25, -0.2) is 0 Å². The highest BCUT2D eigenvalue weighted by atomic mass is 32.1. The molecule has 0 spiro atoms. The highest BCUT2D eigenvalue weighted by molar-refractivity contribution is 7.07. The van der Waals surface area contributed by atoms with Crippen molar-refractivity contribution in [2.75, 3.05) is 6.54 Å². The third-order valence-corrected chi connectivity index (χ3v) is 3.82. The van der Waals surface area contributed by atoms with Crippen LogP contribution in [-0.2, 0) is 0 Å². The number of thiophene rings is 1. The molecule has 1 saturated carbocycles. The maximum Gasteiger partial charge on any atom is 0.401 e.